The Kier molecular flexibility index (Phi) is 4.60. The lowest BCUT2D eigenvalue weighted by atomic mass is 9.99. The van der Waals surface area contributed by atoms with Crippen LogP contribution in [0, 0.1) is 0 Å². The zero-order valence-electron chi connectivity index (χ0n) is 10.8. The number of urea groups is 1. The number of aliphatic carboxylic acids is 1. The zero-order chi connectivity index (χ0) is 13.8. The summed E-state index contributed by atoms with van der Waals surface area (Å²) in [5.41, 5.74) is 0. The normalized spacial score (nSPS) is 28.5. The molecule has 7 heteroatoms. The van der Waals surface area contributed by atoms with Crippen LogP contribution in [0.3, 0.4) is 0 Å². The first-order chi connectivity index (χ1) is 9.08. The summed E-state index contributed by atoms with van der Waals surface area (Å²) in [6.07, 6.45) is 2.89. The molecule has 0 aromatic heterocycles. The molecule has 0 bridgehead atoms. The van der Waals surface area contributed by atoms with Crippen molar-refractivity contribution < 1.29 is 19.8 Å². The second-order valence-electron chi connectivity index (χ2n) is 5.20. The van der Waals surface area contributed by atoms with Crippen LogP contribution >= 0.6 is 0 Å². The number of nitrogens with zero attached hydrogens (tertiary/aromatic N) is 1. The highest BCUT2D eigenvalue weighted by Gasteiger charge is 2.36. The molecular weight excluding hydrogens is 250 g/mol. The second-order valence-corrected chi connectivity index (χ2v) is 5.20. The predicted molar refractivity (Wildman–Crippen MR) is 67.8 cm³/mol. The van der Waals surface area contributed by atoms with Gasteiger partial charge in [-0.15, -0.1) is 0 Å². The lowest BCUT2D eigenvalue weighted by Crippen LogP contribution is -2.51. The topological polar surface area (TPSA) is 102 Å². The van der Waals surface area contributed by atoms with E-state index in [9.17, 15) is 9.59 Å². The molecule has 2 saturated heterocycles. The SMILES string of the molecule is O=C(NCC(O)C(=O)O)NC1CCN2CCCCC12. The third-order valence-corrected chi connectivity index (χ3v) is 3.91. The first kappa shape index (κ1) is 14.1. The number of piperidine rings is 1. The van der Waals surface area contributed by atoms with Crippen LogP contribution in [0.25, 0.3) is 0 Å². The van der Waals surface area contributed by atoms with E-state index in [-0.39, 0.29) is 12.6 Å². The molecule has 19 heavy (non-hydrogen) atoms. The van der Waals surface area contributed by atoms with Gasteiger partial charge in [-0.3, -0.25) is 4.90 Å². The van der Waals surface area contributed by atoms with E-state index in [1.165, 1.54) is 12.8 Å². The smallest absolute Gasteiger partial charge is 0.334 e. The van der Waals surface area contributed by atoms with Crippen molar-refractivity contribution in [2.24, 2.45) is 0 Å². The standard InChI is InChI=1S/C12H21N3O4/c16-10(11(17)18)7-13-12(19)14-8-4-6-15-5-2-1-3-9(8)15/h8-10,16H,1-7H2,(H,17,18)(H2,13,14,19). The second kappa shape index (κ2) is 6.21. The number of rotatable bonds is 4. The average Bonchev–Trinajstić information content (AvgIpc) is 2.79. The molecule has 2 rings (SSSR count). The molecule has 0 aliphatic carbocycles. The van der Waals surface area contributed by atoms with Gasteiger partial charge in [0.1, 0.15) is 0 Å². The van der Waals surface area contributed by atoms with Gasteiger partial charge in [0.05, 0.1) is 6.54 Å². The number of hydrogen-bond acceptors (Lipinski definition) is 4. The molecule has 4 N–H and O–H groups in total. The summed E-state index contributed by atoms with van der Waals surface area (Å²) in [5.74, 6) is -1.33. The fourth-order valence-electron chi connectivity index (χ4n) is 2.91. The molecule has 2 fully saturated rings. The van der Waals surface area contributed by atoms with Crippen LogP contribution in [0.15, 0.2) is 0 Å². The van der Waals surface area contributed by atoms with E-state index < -0.39 is 18.1 Å². The number of aliphatic hydroxyl groups excluding tert-OH is 1. The molecule has 0 aromatic carbocycles. The Balaban J connectivity index is 1.75. The van der Waals surface area contributed by atoms with Crippen LogP contribution < -0.4 is 10.6 Å². The van der Waals surface area contributed by atoms with Gasteiger partial charge in [-0.05, 0) is 25.8 Å². The fraction of sp³-hybridized carbons (Fsp3) is 0.833. The number of nitrogens with one attached hydrogen (secondary N) is 2. The molecule has 7 nitrogen and oxygen atoms in total. The third-order valence-electron chi connectivity index (χ3n) is 3.91. The van der Waals surface area contributed by atoms with Crippen molar-refractivity contribution in [2.45, 2.75) is 43.9 Å². The summed E-state index contributed by atoms with van der Waals surface area (Å²) in [7, 11) is 0. The van der Waals surface area contributed by atoms with Gasteiger partial charge in [0.25, 0.3) is 0 Å². The minimum Gasteiger partial charge on any atom is -0.479 e. The van der Waals surface area contributed by atoms with E-state index in [1.54, 1.807) is 0 Å². The van der Waals surface area contributed by atoms with E-state index in [2.05, 4.69) is 15.5 Å². The Hall–Kier alpha value is -1.34. The summed E-state index contributed by atoms with van der Waals surface area (Å²) in [5, 5.41) is 22.8. The molecule has 2 amide bonds. The molecule has 2 heterocycles. The quantitative estimate of drug-likeness (QED) is 0.544. The number of fused-ring (bicyclic) bond motifs is 1. The van der Waals surface area contributed by atoms with Crippen molar-refractivity contribution in [3.63, 3.8) is 0 Å². The first-order valence-corrected chi connectivity index (χ1v) is 6.77. The number of aliphatic hydroxyl groups is 1. The number of carbonyl (C=O) groups excluding carboxylic acids is 1. The largest absolute Gasteiger partial charge is 0.479 e. The Morgan fingerprint density at radius 2 is 2.05 bits per heavy atom. The highest BCUT2D eigenvalue weighted by Crippen LogP contribution is 2.26. The van der Waals surface area contributed by atoms with Crippen molar-refractivity contribution in [3.8, 4) is 0 Å². The van der Waals surface area contributed by atoms with Crippen LogP contribution in [0.2, 0.25) is 0 Å². The first-order valence-electron chi connectivity index (χ1n) is 6.77. The minimum atomic E-state index is -1.56. The molecule has 0 radical (unpaired) electrons. The van der Waals surface area contributed by atoms with Gasteiger partial charge in [0.2, 0.25) is 0 Å². The van der Waals surface area contributed by atoms with Gasteiger partial charge >= 0.3 is 12.0 Å². The van der Waals surface area contributed by atoms with E-state index in [4.69, 9.17) is 10.2 Å². The lowest BCUT2D eigenvalue weighted by molar-refractivity contribution is -0.146. The Bertz CT molecular complexity index is 350. The summed E-state index contributed by atoms with van der Waals surface area (Å²) in [6, 6.07) is 0.129. The number of carboxylic acid groups (broad SMARTS) is 1. The molecule has 2 aliphatic heterocycles. The van der Waals surface area contributed by atoms with Crippen LogP contribution in [0.5, 0.6) is 0 Å². The van der Waals surface area contributed by atoms with Gasteiger partial charge in [-0.2, -0.15) is 0 Å². The van der Waals surface area contributed by atoms with Crippen molar-refractivity contribution in [3.05, 3.63) is 0 Å². The molecule has 3 unspecified atom stereocenters. The Morgan fingerprint density at radius 3 is 2.79 bits per heavy atom. The fourth-order valence-corrected chi connectivity index (χ4v) is 2.91. The highest BCUT2D eigenvalue weighted by molar-refractivity contribution is 5.76. The molecule has 0 saturated carbocycles. The zero-order valence-corrected chi connectivity index (χ0v) is 10.8. The Morgan fingerprint density at radius 1 is 1.26 bits per heavy atom. The maximum Gasteiger partial charge on any atom is 0.334 e. The van der Waals surface area contributed by atoms with Crippen LogP contribution in [0.1, 0.15) is 25.7 Å². The average molecular weight is 271 g/mol. The summed E-state index contributed by atoms with van der Waals surface area (Å²) < 4.78 is 0. The number of amides is 2. The summed E-state index contributed by atoms with van der Waals surface area (Å²) >= 11 is 0. The maximum absolute atomic E-state index is 11.7. The van der Waals surface area contributed by atoms with Gasteiger partial charge in [-0.25, -0.2) is 9.59 Å². The van der Waals surface area contributed by atoms with Gasteiger partial charge < -0.3 is 20.8 Å². The molecule has 0 aromatic rings. The van der Waals surface area contributed by atoms with Crippen molar-refractivity contribution in [2.75, 3.05) is 19.6 Å². The van der Waals surface area contributed by atoms with E-state index in [0.29, 0.717) is 6.04 Å². The van der Waals surface area contributed by atoms with Crippen molar-refractivity contribution >= 4 is 12.0 Å². The predicted octanol–water partition coefficient (Wildman–Crippen LogP) is -0.642. The molecule has 3 atom stereocenters. The minimum absolute atomic E-state index is 0.127. The van der Waals surface area contributed by atoms with Crippen molar-refractivity contribution in [1.29, 1.82) is 0 Å². The summed E-state index contributed by atoms with van der Waals surface area (Å²) in [6.45, 7) is 1.83. The van der Waals surface area contributed by atoms with Crippen LogP contribution in [-0.4, -0.2) is 64.9 Å². The molecule has 108 valence electrons. The van der Waals surface area contributed by atoms with E-state index in [0.717, 1.165) is 25.9 Å². The van der Waals surface area contributed by atoms with E-state index in [1.807, 2.05) is 0 Å². The van der Waals surface area contributed by atoms with E-state index >= 15 is 0 Å². The third kappa shape index (κ3) is 3.57. The van der Waals surface area contributed by atoms with Gasteiger partial charge in [0.15, 0.2) is 6.10 Å². The summed E-state index contributed by atoms with van der Waals surface area (Å²) in [4.78, 5) is 24.5. The monoisotopic (exact) mass is 271 g/mol. The van der Waals surface area contributed by atoms with Crippen LogP contribution in [-0.2, 0) is 4.79 Å². The Labute approximate surface area is 112 Å². The lowest BCUT2D eigenvalue weighted by Gasteiger charge is -2.32. The molecule has 0 spiro atoms. The maximum atomic E-state index is 11.7. The molecule has 2 aliphatic rings. The number of carbonyl (C=O) groups is 2. The highest BCUT2D eigenvalue weighted by atomic mass is 16.4. The van der Waals surface area contributed by atoms with Gasteiger partial charge in [0, 0.05) is 18.6 Å². The number of hydrogen-bond donors (Lipinski definition) is 4. The van der Waals surface area contributed by atoms with Crippen LogP contribution in [0.4, 0.5) is 4.79 Å². The van der Waals surface area contributed by atoms with Gasteiger partial charge in [-0.1, -0.05) is 6.42 Å². The molecular formula is C12H21N3O4. The van der Waals surface area contributed by atoms with Crippen molar-refractivity contribution in [1.82, 2.24) is 15.5 Å². The number of carboxylic acids is 1.